The third kappa shape index (κ3) is 6.38. The van der Waals surface area contributed by atoms with Crippen LogP contribution in [0.15, 0.2) is 35.0 Å². The SMILES string of the molecule is [2H]C([2H])([2H])NC(=O)c1cnc(NC(=O)C2CC2)cc1Nc1cccc(-c2noc(CN3CCN(C(=O)OC)CC3)n2)c1OC. The van der Waals surface area contributed by atoms with Crippen molar-refractivity contribution in [2.24, 2.45) is 5.92 Å². The summed E-state index contributed by atoms with van der Waals surface area (Å²) < 4.78 is 38.3. The fraction of sp³-hybridized carbons (Fsp3) is 0.407. The van der Waals surface area contributed by atoms with Crippen molar-refractivity contribution < 1.29 is 32.5 Å². The molecule has 1 aliphatic heterocycles. The molecule has 2 aromatic heterocycles. The number of piperazine rings is 1. The van der Waals surface area contributed by atoms with Gasteiger partial charge in [-0.1, -0.05) is 11.2 Å². The minimum atomic E-state index is -2.73. The van der Waals surface area contributed by atoms with Crippen LogP contribution in [0.25, 0.3) is 11.4 Å². The Morgan fingerprint density at radius 3 is 2.66 bits per heavy atom. The smallest absolute Gasteiger partial charge is 0.409 e. The van der Waals surface area contributed by atoms with Crippen molar-refractivity contribution in [2.45, 2.75) is 19.4 Å². The number of anilines is 3. The predicted octanol–water partition coefficient (Wildman–Crippen LogP) is 2.48. The van der Waals surface area contributed by atoms with E-state index in [1.807, 2.05) is 5.32 Å². The number of ether oxygens (including phenoxy) is 2. The van der Waals surface area contributed by atoms with Crippen LogP contribution in [-0.4, -0.2) is 90.2 Å². The molecule has 216 valence electrons. The van der Waals surface area contributed by atoms with Crippen molar-refractivity contribution in [1.29, 1.82) is 0 Å². The maximum Gasteiger partial charge on any atom is 0.409 e. The molecule has 14 heteroatoms. The number of para-hydroxylation sites is 1. The van der Waals surface area contributed by atoms with Crippen LogP contribution in [0.2, 0.25) is 0 Å². The number of hydrogen-bond donors (Lipinski definition) is 3. The number of carbonyl (C=O) groups excluding carboxylic acids is 3. The highest BCUT2D eigenvalue weighted by atomic mass is 16.5. The van der Waals surface area contributed by atoms with E-state index >= 15 is 0 Å². The zero-order chi connectivity index (χ0) is 31.4. The van der Waals surface area contributed by atoms with Gasteiger partial charge in [0.25, 0.3) is 5.91 Å². The van der Waals surface area contributed by atoms with Crippen LogP contribution in [-0.2, 0) is 16.1 Å². The summed E-state index contributed by atoms with van der Waals surface area (Å²) in [7, 11) is 2.81. The van der Waals surface area contributed by atoms with E-state index in [2.05, 4.69) is 30.7 Å². The fourth-order valence-corrected chi connectivity index (χ4v) is 4.46. The van der Waals surface area contributed by atoms with Crippen LogP contribution < -0.4 is 20.7 Å². The van der Waals surface area contributed by atoms with Gasteiger partial charge >= 0.3 is 6.09 Å². The second-order valence-electron chi connectivity index (χ2n) is 9.59. The molecule has 0 atom stereocenters. The van der Waals surface area contributed by atoms with Gasteiger partial charge in [-0.3, -0.25) is 14.5 Å². The molecule has 0 radical (unpaired) electrons. The van der Waals surface area contributed by atoms with Crippen LogP contribution in [0.1, 0.15) is 33.2 Å². The van der Waals surface area contributed by atoms with Crippen LogP contribution in [0.3, 0.4) is 0 Å². The lowest BCUT2D eigenvalue weighted by Crippen LogP contribution is -2.48. The highest BCUT2D eigenvalue weighted by Crippen LogP contribution is 2.38. The molecule has 41 heavy (non-hydrogen) atoms. The minimum Gasteiger partial charge on any atom is -0.494 e. The van der Waals surface area contributed by atoms with E-state index in [0.29, 0.717) is 55.6 Å². The Kier molecular flexibility index (Phi) is 7.18. The largest absolute Gasteiger partial charge is 0.494 e. The number of nitrogens with zero attached hydrogens (tertiary/aromatic N) is 5. The lowest BCUT2D eigenvalue weighted by atomic mass is 10.1. The van der Waals surface area contributed by atoms with Crippen molar-refractivity contribution in [2.75, 3.05) is 58.0 Å². The van der Waals surface area contributed by atoms with Gasteiger partial charge in [-0.25, -0.2) is 9.78 Å². The number of nitrogens with one attached hydrogen (secondary N) is 3. The van der Waals surface area contributed by atoms with E-state index in [4.69, 9.17) is 18.1 Å². The maximum absolute atomic E-state index is 12.9. The zero-order valence-corrected chi connectivity index (χ0v) is 22.6. The molecule has 3 amide bonds. The summed E-state index contributed by atoms with van der Waals surface area (Å²) in [5, 5.41) is 11.9. The number of amides is 3. The van der Waals surface area contributed by atoms with E-state index in [-0.39, 0.29) is 40.8 Å². The molecule has 5 rings (SSSR count). The number of methoxy groups -OCH3 is 2. The molecule has 3 N–H and O–H groups in total. The summed E-state index contributed by atoms with van der Waals surface area (Å²) >= 11 is 0. The van der Waals surface area contributed by atoms with Crippen LogP contribution in [0.4, 0.5) is 22.0 Å². The average Bonchev–Trinajstić information content (AvgIpc) is 3.75. The predicted molar refractivity (Wildman–Crippen MR) is 148 cm³/mol. The molecular weight excluding hydrogens is 532 g/mol. The summed E-state index contributed by atoms with van der Waals surface area (Å²) in [6, 6.07) is 6.61. The van der Waals surface area contributed by atoms with Gasteiger partial charge in [0.05, 0.1) is 43.3 Å². The lowest BCUT2D eigenvalue weighted by Gasteiger charge is -2.32. The van der Waals surface area contributed by atoms with Gasteiger partial charge in [0.2, 0.25) is 17.6 Å². The first-order valence-corrected chi connectivity index (χ1v) is 13.0. The lowest BCUT2D eigenvalue weighted by molar-refractivity contribution is -0.117. The Balaban J connectivity index is 1.37. The molecule has 2 aliphatic rings. The first kappa shape index (κ1) is 24.1. The summed E-state index contributed by atoms with van der Waals surface area (Å²) in [5.74, 6) is 0.0235. The molecule has 1 saturated heterocycles. The topological polar surface area (TPSA) is 164 Å². The van der Waals surface area contributed by atoms with Gasteiger partial charge in [0.1, 0.15) is 5.82 Å². The first-order chi connectivity index (χ1) is 21.0. The summed E-state index contributed by atoms with van der Waals surface area (Å²) in [5.41, 5.74) is 1.02. The van der Waals surface area contributed by atoms with Crippen molar-refractivity contribution in [3.05, 3.63) is 41.9 Å². The van der Waals surface area contributed by atoms with Crippen molar-refractivity contribution in [3.8, 4) is 17.1 Å². The average molecular weight is 568 g/mol. The molecule has 3 heterocycles. The second kappa shape index (κ2) is 12.2. The Morgan fingerprint density at radius 2 is 1.95 bits per heavy atom. The Hall–Kier alpha value is -4.72. The van der Waals surface area contributed by atoms with E-state index < -0.39 is 12.9 Å². The van der Waals surface area contributed by atoms with Gasteiger partial charge in [0.15, 0.2) is 5.75 Å². The van der Waals surface area contributed by atoms with Gasteiger partial charge < -0.3 is 34.8 Å². The number of hydrogen-bond acceptors (Lipinski definition) is 11. The molecule has 1 aromatic carbocycles. The maximum atomic E-state index is 12.9. The van der Waals surface area contributed by atoms with Crippen LogP contribution in [0, 0.1) is 5.92 Å². The summed E-state index contributed by atoms with van der Waals surface area (Å²) in [6.07, 6.45) is 2.42. The molecule has 0 spiro atoms. The highest BCUT2D eigenvalue weighted by Gasteiger charge is 2.30. The molecule has 2 fully saturated rings. The molecule has 14 nitrogen and oxygen atoms in total. The van der Waals surface area contributed by atoms with E-state index in [0.717, 1.165) is 12.8 Å². The normalized spacial score (nSPS) is 16.6. The first-order valence-electron chi connectivity index (χ1n) is 14.5. The zero-order valence-electron chi connectivity index (χ0n) is 25.6. The number of aromatic nitrogens is 3. The van der Waals surface area contributed by atoms with E-state index in [1.54, 1.807) is 23.1 Å². The minimum absolute atomic E-state index is 0.0628. The van der Waals surface area contributed by atoms with Gasteiger partial charge in [-0.15, -0.1) is 0 Å². The second-order valence-corrected chi connectivity index (χ2v) is 9.59. The van der Waals surface area contributed by atoms with Crippen LogP contribution >= 0.6 is 0 Å². The Labute approximate surface area is 240 Å². The van der Waals surface area contributed by atoms with Gasteiger partial charge in [-0.2, -0.15) is 4.98 Å². The molecule has 1 saturated carbocycles. The van der Waals surface area contributed by atoms with Crippen molar-refractivity contribution >= 4 is 35.1 Å². The summed E-state index contributed by atoms with van der Waals surface area (Å²) in [4.78, 5) is 49.4. The summed E-state index contributed by atoms with van der Waals surface area (Å²) in [6.45, 7) is -0.0810. The van der Waals surface area contributed by atoms with Crippen molar-refractivity contribution in [3.63, 3.8) is 0 Å². The van der Waals surface area contributed by atoms with Gasteiger partial charge in [0, 0.05) is 55.4 Å². The number of carbonyl (C=O) groups is 3. The molecular formula is C27H32N8O6. The third-order valence-electron chi connectivity index (χ3n) is 6.82. The monoisotopic (exact) mass is 567 g/mol. The number of rotatable bonds is 9. The van der Waals surface area contributed by atoms with E-state index in [1.165, 1.54) is 26.5 Å². The number of benzene rings is 1. The quantitative estimate of drug-likeness (QED) is 0.348. The van der Waals surface area contributed by atoms with E-state index in [9.17, 15) is 14.4 Å². The van der Waals surface area contributed by atoms with Gasteiger partial charge in [-0.05, 0) is 25.0 Å². The Morgan fingerprint density at radius 1 is 1.15 bits per heavy atom. The third-order valence-corrected chi connectivity index (χ3v) is 6.82. The van der Waals surface area contributed by atoms with Crippen molar-refractivity contribution in [1.82, 2.24) is 30.2 Å². The number of pyridine rings is 1. The molecule has 1 aliphatic carbocycles. The molecule has 3 aromatic rings. The Bertz CT molecular complexity index is 1540. The fourth-order valence-electron chi connectivity index (χ4n) is 4.46. The molecule has 0 bridgehead atoms. The standard InChI is InChI=1S/C27H32N8O6/c1-28-26(37)18-14-29-21(31-25(36)16-7-8-16)13-20(18)30-19-6-4-5-17(23(19)39-2)24-32-22(41-33-24)15-34-9-11-35(12-10-34)27(38)40-3/h4-6,13-14,16H,7-12,15H2,1-3H3,(H,28,37)(H2,29,30,31,36)/i1D3. The van der Waals surface area contributed by atoms with Crippen LogP contribution in [0.5, 0.6) is 5.75 Å². The highest BCUT2D eigenvalue weighted by molar-refractivity contribution is 6.01. The molecule has 0 unspecified atom stereocenters.